The molecule has 4 rings (SSSR count). The molecule has 0 fully saturated rings. The van der Waals surface area contributed by atoms with E-state index in [2.05, 4.69) is 16.0 Å². The van der Waals surface area contributed by atoms with Crippen molar-refractivity contribution in [2.45, 2.75) is 33.5 Å². The molecule has 0 bridgehead atoms. The molecule has 1 atom stereocenters. The van der Waals surface area contributed by atoms with Crippen LogP contribution in [0, 0.1) is 5.92 Å². The van der Waals surface area contributed by atoms with Gasteiger partial charge in [0.1, 0.15) is 13.1 Å². The molecule has 3 heterocycles. The van der Waals surface area contributed by atoms with Crippen molar-refractivity contribution in [3.63, 3.8) is 0 Å². The first kappa shape index (κ1) is 15.9. The Bertz CT molecular complexity index is 896. The Hall–Kier alpha value is -2.60. The van der Waals surface area contributed by atoms with Crippen LogP contribution in [0.3, 0.4) is 0 Å². The lowest BCUT2D eigenvalue weighted by atomic mass is 10.2. The third-order valence-electron chi connectivity index (χ3n) is 4.72. The van der Waals surface area contributed by atoms with E-state index in [9.17, 15) is 4.79 Å². The van der Waals surface area contributed by atoms with Crippen LogP contribution in [0.15, 0.2) is 41.0 Å². The fraction of sp³-hybridized carbons (Fsp3) is 0.368. The standard InChI is InChI=1S/C19H22N4O2/c1-13(2)19(24)20-14-5-6-17-16(10-14)21-18-12-22(7-8-23(17)18)11-15-4-3-9-25-15/h3-6,9-10,13H,7-8,11-12H2,1-2H3,(H,20,24)/p+1. The molecule has 3 aromatic rings. The SMILES string of the molecule is CC(C)C(=O)Nc1ccc2c(c1)nc1n2CC[NH+](Cc2ccco2)C1. The van der Waals surface area contributed by atoms with Crippen molar-refractivity contribution in [2.24, 2.45) is 5.92 Å². The largest absolute Gasteiger partial charge is 0.463 e. The molecule has 0 radical (unpaired) electrons. The zero-order valence-corrected chi connectivity index (χ0v) is 14.6. The zero-order chi connectivity index (χ0) is 17.4. The van der Waals surface area contributed by atoms with Crippen molar-refractivity contribution in [3.8, 4) is 0 Å². The predicted molar refractivity (Wildman–Crippen MR) is 95.1 cm³/mol. The van der Waals surface area contributed by atoms with Crippen molar-refractivity contribution in [2.75, 3.05) is 11.9 Å². The summed E-state index contributed by atoms with van der Waals surface area (Å²) in [7, 11) is 0. The molecule has 1 aliphatic rings. The number of nitrogens with one attached hydrogen (secondary N) is 2. The molecule has 1 aliphatic heterocycles. The van der Waals surface area contributed by atoms with Crippen LogP contribution < -0.4 is 10.2 Å². The highest BCUT2D eigenvalue weighted by atomic mass is 16.3. The summed E-state index contributed by atoms with van der Waals surface area (Å²) in [5, 5.41) is 2.95. The number of aromatic nitrogens is 2. The van der Waals surface area contributed by atoms with Crippen LogP contribution in [0.25, 0.3) is 11.0 Å². The molecule has 25 heavy (non-hydrogen) atoms. The maximum Gasteiger partial charge on any atom is 0.226 e. The second-order valence-electron chi connectivity index (χ2n) is 6.96. The fourth-order valence-corrected chi connectivity index (χ4v) is 3.32. The lowest BCUT2D eigenvalue weighted by Crippen LogP contribution is -3.10. The summed E-state index contributed by atoms with van der Waals surface area (Å²) < 4.78 is 7.75. The molecule has 2 aromatic heterocycles. The number of amides is 1. The molecule has 6 heteroatoms. The minimum atomic E-state index is -0.0374. The first-order chi connectivity index (χ1) is 12.1. The number of furan rings is 1. The molecule has 0 spiro atoms. The van der Waals surface area contributed by atoms with Gasteiger partial charge in [0.05, 0.1) is 30.4 Å². The molecule has 0 saturated carbocycles. The smallest absolute Gasteiger partial charge is 0.226 e. The van der Waals surface area contributed by atoms with Crippen LogP contribution in [0.2, 0.25) is 0 Å². The second kappa shape index (κ2) is 6.37. The topological polar surface area (TPSA) is 64.5 Å². The quantitative estimate of drug-likeness (QED) is 0.762. The highest BCUT2D eigenvalue weighted by Gasteiger charge is 2.24. The van der Waals surface area contributed by atoms with Gasteiger partial charge < -0.3 is 19.2 Å². The molecule has 1 aromatic carbocycles. The Morgan fingerprint density at radius 2 is 2.28 bits per heavy atom. The Morgan fingerprint density at radius 3 is 3.04 bits per heavy atom. The summed E-state index contributed by atoms with van der Waals surface area (Å²) in [5.41, 5.74) is 2.88. The summed E-state index contributed by atoms with van der Waals surface area (Å²) in [6, 6.07) is 9.93. The van der Waals surface area contributed by atoms with Crippen LogP contribution >= 0.6 is 0 Å². The van der Waals surface area contributed by atoms with Gasteiger partial charge in [-0.1, -0.05) is 13.8 Å². The number of hydrogen-bond acceptors (Lipinski definition) is 3. The number of anilines is 1. The number of nitrogens with zero attached hydrogens (tertiary/aromatic N) is 2. The van der Waals surface area contributed by atoms with Gasteiger partial charge in [-0.2, -0.15) is 0 Å². The predicted octanol–water partition coefficient (Wildman–Crippen LogP) is 1.82. The monoisotopic (exact) mass is 339 g/mol. The molecule has 2 N–H and O–H groups in total. The van der Waals surface area contributed by atoms with Crippen molar-refractivity contribution < 1.29 is 14.1 Å². The zero-order valence-electron chi connectivity index (χ0n) is 14.6. The van der Waals surface area contributed by atoms with E-state index in [4.69, 9.17) is 9.40 Å². The highest BCUT2D eigenvalue weighted by molar-refractivity contribution is 5.94. The van der Waals surface area contributed by atoms with E-state index >= 15 is 0 Å². The average Bonchev–Trinajstić information content (AvgIpc) is 3.21. The van der Waals surface area contributed by atoms with Crippen molar-refractivity contribution in [1.82, 2.24) is 9.55 Å². The van der Waals surface area contributed by atoms with E-state index in [0.717, 1.165) is 54.5 Å². The third-order valence-corrected chi connectivity index (χ3v) is 4.72. The van der Waals surface area contributed by atoms with E-state index in [-0.39, 0.29) is 11.8 Å². The van der Waals surface area contributed by atoms with Gasteiger partial charge in [-0.3, -0.25) is 4.79 Å². The van der Waals surface area contributed by atoms with E-state index in [0.29, 0.717) is 0 Å². The van der Waals surface area contributed by atoms with Crippen LogP contribution in [-0.2, 0) is 24.4 Å². The number of hydrogen-bond donors (Lipinski definition) is 2. The number of quaternary nitrogens is 1. The van der Waals surface area contributed by atoms with Crippen LogP contribution in [0.5, 0.6) is 0 Å². The summed E-state index contributed by atoms with van der Waals surface area (Å²) >= 11 is 0. The minimum Gasteiger partial charge on any atom is -0.463 e. The molecular formula is C19H23N4O2+. The summed E-state index contributed by atoms with van der Waals surface area (Å²) in [6.07, 6.45) is 1.72. The van der Waals surface area contributed by atoms with Crippen molar-refractivity contribution in [3.05, 3.63) is 48.2 Å². The molecular weight excluding hydrogens is 316 g/mol. The van der Waals surface area contributed by atoms with Crippen molar-refractivity contribution in [1.29, 1.82) is 0 Å². The van der Waals surface area contributed by atoms with Gasteiger partial charge in [0.2, 0.25) is 5.91 Å². The molecule has 6 nitrogen and oxygen atoms in total. The number of benzene rings is 1. The Kier molecular flexibility index (Phi) is 4.05. The van der Waals surface area contributed by atoms with E-state index in [1.807, 2.05) is 38.1 Å². The van der Waals surface area contributed by atoms with Crippen molar-refractivity contribution >= 4 is 22.6 Å². The first-order valence-electron chi connectivity index (χ1n) is 8.76. The van der Waals surface area contributed by atoms with Gasteiger partial charge in [0.15, 0.2) is 11.6 Å². The van der Waals surface area contributed by atoms with Gasteiger partial charge >= 0.3 is 0 Å². The Labute approximate surface area is 146 Å². The molecule has 0 aliphatic carbocycles. The minimum absolute atomic E-state index is 0.0254. The van der Waals surface area contributed by atoms with Gasteiger partial charge in [-0.25, -0.2) is 4.98 Å². The van der Waals surface area contributed by atoms with Gasteiger partial charge in [-0.15, -0.1) is 0 Å². The van der Waals surface area contributed by atoms with Gasteiger partial charge in [0.25, 0.3) is 0 Å². The maximum absolute atomic E-state index is 11.9. The molecule has 130 valence electrons. The first-order valence-corrected chi connectivity index (χ1v) is 8.76. The average molecular weight is 339 g/mol. The lowest BCUT2D eigenvalue weighted by Gasteiger charge is -2.24. The van der Waals surface area contributed by atoms with Crippen LogP contribution in [-0.4, -0.2) is 22.0 Å². The Morgan fingerprint density at radius 1 is 1.40 bits per heavy atom. The van der Waals surface area contributed by atoms with Crippen LogP contribution in [0.1, 0.15) is 25.4 Å². The van der Waals surface area contributed by atoms with E-state index in [1.165, 1.54) is 4.90 Å². The van der Waals surface area contributed by atoms with E-state index in [1.54, 1.807) is 6.26 Å². The summed E-state index contributed by atoms with van der Waals surface area (Å²) in [5.74, 6) is 2.09. The number of carbonyl (C=O) groups is 1. The second-order valence-corrected chi connectivity index (χ2v) is 6.96. The highest BCUT2D eigenvalue weighted by Crippen LogP contribution is 2.21. The molecule has 1 unspecified atom stereocenters. The molecule has 0 saturated heterocycles. The third kappa shape index (κ3) is 3.17. The molecule has 1 amide bonds. The lowest BCUT2D eigenvalue weighted by molar-refractivity contribution is -0.932. The maximum atomic E-state index is 11.9. The number of fused-ring (bicyclic) bond motifs is 3. The fourth-order valence-electron chi connectivity index (χ4n) is 3.32. The van der Waals surface area contributed by atoms with E-state index < -0.39 is 0 Å². The normalized spacial score (nSPS) is 17.0. The number of rotatable bonds is 4. The number of carbonyl (C=O) groups excluding carboxylic acids is 1. The summed E-state index contributed by atoms with van der Waals surface area (Å²) in [6.45, 7) is 7.53. The van der Waals surface area contributed by atoms with Crippen LogP contribution in [0.4, 0.5) is 5.69 Å². The van der Waals surface area contributed by atoms with Gasteiger partial charge in [0, 0.05) is 11.6 Å². The number of imidazole rings is 1. The van der Waals surface area contributed by atoms with Gasteiger partial charge in [-0.05, 0) is 30.3 Å². The Balaban J connectivity index is 1.56. The summed E-state index contributed by atoms with van der Waals surface area (Å²) in [4.78, 5) is 18.1.